The van der Waals surface area contributed by atoms with E-state index in [0.29, 0.717) is 25.4 Å². The third kappa shape index (κ3) is 5.98. The Morgan fingerprint density at radius 1 is 0.762 bits per heavy atom. The molecule has 2 aromatic heterocycles. The van der Waals surface area contributed by atoms with Crippen LogP contribution < -0.4 is 9.47 Å². The van der Waals surface area contributed by atoms with Crippen molar-refractivity contribution in [2.24, 2.45) is 0 Å². The average Bonchev–Trinajstić information content (AvgIpc) is 3.45. The Bertz CT molecular complexity index is 1790. The number of ether oxygens (including phenoxy) is 2. The van der Waals surface area contributed by atoms with Gasteiger partial charge in [-0.2, -0.15) is 0 Å². The first-order valence-corrected chi connectivity index (χ1v) is 14.0. The zero-order valence-electron chi connectivity index (χ0n) is 23.3. The maximum Gasteiger partial charge on any atom is 0.303 e. The monoisotopic (exact) mass is 557 g/mol. The van der Waals surface area contributed by atoms with Crippen LogP contribution in [-0.4, -0.2) is 16.1 Å². The van der Waals surface area contributed by atoms with Crippen LogP contribution >= 0.6 is 0 Å². The summed E-state index contributed by atoms with van der Waals surface area (Å²) in [6.45, 7) is 2.76. The number of carboxylic acids is 1. The maximum atomic E-state index is 11.5. The maximum absolute atomic E-state index is 11.5. The van der Waals surface area contributed by atoms with Gasteiger partial charge in [-0.15, -0.1) is 0 Å². The van der Waals surface area contributed by atoms with Crippen molar-refractivity contribution < 1.29 is 23.8 Å². The van der Waals surface area contributed by atoms with Crippen LogP contribution in [0.4, 0.5) is 0 Å². The second-order valence-electron chi connectivity index (χ2n) is 10.6. The Labute approximate surface area is 244 Å². The minimum absolute atomic E-state index is 0.0483. The fourth-order valence-corrected chi connectivity index (χ4v) is 5.26. The van der Waals surface area contributed by atoms with Crippen LogP contribution in [0.15, 0.2) is 120 Å². The second-order valence-corrected chi connectivity index (χ2v) is 10.6. The summed E-state index contributed by atoms with van der Waals surface area (Å²) in [4.78, 5) is 16.2. The number of benzene rings is 4. The van der Waals surface area contributed by atoms with Crippen molar-refractivity contribution in [3.05, 3.63) is 138 Å². The summed E-state index contributed by atoms with van der Waals surface area (Å²) in [6.07, 6.45) is 0.495. The zero-order chi connectivity index (χ0) is 28.9. The van der Waals surface area contributed by atoms with E-state index in [-0.39, 0.29) is 6.42 Å². The normalized spacial score (nSPS) is 12.7. The van der Waals surface area contributed by atoms with Gasteiger partial charge in [0, 0.05) is 22.6 Å². The van der Waals surface area contributed by atoms with E-state index in [0.717, 1.165) is 50.2 Å². The molecule has 0 amide bonds. The van der Waals surface area contributed by atoms with Gasteiger partial charge in [-0.3, -0.25) is 4.79 Å². The molecule has 1 unspecified atom stereocenters. The Morgan fingerprint density at radius 3 is 2.05 bits per heavy atom. The number of aliphatic carboxylic acids is 1. The highest BCUT2D eigenvalue weighted by molar-refractivity contribution is 5.78. The largest absolute Gasteiger partial charge is 0.487 e. The number of fused-ring (bicyclic) bond motifs is 2. The highest BCUT2D eigenvalue weighted by atomic mass is 16.5. The molecule has 0 aliphatic heterocycles. The van der Waals surface area contributed by atoms with E-state index in [1.165, 1.54) is 0 Å². The molecule has 6 nitrogen and oxygen atoms in total. The molecular weight excluding hydrogens is 526 g/mol. The molecule has 0 fully saturated rings. The summed E-state index contributed by atoms with van der Waals surface area (Å²) >= 11 is 0. The van der Waals surface area contributed by atoms with E-state index in [1.807, 2.05) is 115 Å². The predicted molar refractivity (Wildman–Crippen MR) is 163 cm³/mol. The van der Waals surface area contributed by atoms with Crippen molar-refractivity contribution in [3.8, 4) is 11.5 Å². The molecule has 0 radical (unpaired) electrons. The number of rotatable bonds is 11. The molecule has 0 spiro atoms. The van der Waals surface area contributed by atoms with Gasteiger partial charge in [0.05, 0.1) is 11.2 Å². The van der Waals surface area contributed by atoms with Crippen molar-refractivity contribution in [2.45, 2.75) is 38.4 Å². The molecule has 2 heterocycles. The van der Waals surface area contributed by atoms with Gasteiger partial charge in [0.1, 0.15) is 36.1 Å². The van der Waals surface area contributed by atoms with Crippen LogP contribution in [0.2, 0.25) is 0 Å². The molecule has 6 aromatic rings. The Morgan fingerprint density at radius 2 is 1.38 bits per heavy atom. The molecule has 0 saturated carbocycles. The van der Waals surface area contributed by atoms with Gasteiger partial charge in [-0.1, -0.05) is 73.7 Å². The van der Waals surface area contributed by atoms with E-state index in [9.17, 15) is 9.90 Å². The van der Waals surface area contributed by atoms with Gasteiger partial charge in [-0.05, 0) is 66.1 Å². The number of pyridine rings is 1. The number of hydrogen-bond acceptors (Lipinski definition) is 5. The highest BCUT2D eigenvalue weighted by Gasteiger charge is 2.30. The molecule has 42 heavy (non-hydrogen) atoms. The number of aromatic nitrogens is 1. The molecule has 6 rings (SSSR count). The number of carboxylic acid groups (broad SMARTS) is 1. The number of carbonyl (C=O) groups is 1. The molecule has 0 aliphatic rings. The summed E-state index contributed by atoms with van der Waals surface area (Å²) in [5.74, 6) is 1.37. The first-order valence-electron chi connectivity index (χ1n) is 14.0. The van der Waals surface area contributed by atoms with Crippen molar-refractivity contribution >= 4 is 27.8 Å². The fraction of sp³-hybridized carbons (Fsp3) is 0.167. The zero-order valence-corrected chi connectivity index (χ0v) is 23.3. The van der Waals surface area contributed by atoms with Crippen LogP contribution in [0.3, 0.4) is 0 Å². The summed E-state index contributed by atoms with van der Waals surface area (Å²) < 4.78 is 17.9. The molecule has 1 atom stereocenters. The van der Waals surface area contributed by atoms with Crippen molar-refractivity contribution in [3.63, 3.8) is 0 Å². The second kappa shape index (κ2) is 11.8. The quantitative estimate of drug-likeness (QED) is 0.173. The van der Waals surface area contributed by atoms with Gasteiger partial charge in [-0.25, -0.2) is 4.98 Å². The van der Waals surface area contributed by atoms with Gasteiger partial charge < -0.3 is 19.0 Å². The molecule has 1 N–H and O–H groups in total. The third-order valence-electron chi connectivity index (χ3n) is 7.72. The Balaban J connectivity index is 1.15. The average molecular weight is 558 g/mol. The van der Waals surface area contributed by atoms with Gasteiger partial charge >= 0.3 is 5.97 Å². The third-order valence-corrected chi connectivity index (χ3v) is 7.72. The first-order chi connectivity index (χ1) is 20.5. The summed E-state index contributed by atoms with van der Waals surface area (Å²) in [7, 11) is 0. The predicted octanol–water partition coefficient (Wildman–Crippen LogP) is 8.31. The van der Waals surface area contributed by atoms with E-state index in [1.54, 1.807) is 0 Å². The molecule has 4 aromatic carbocycles. The van der Waals surface area contributed by atoms with E-state index in [4.69, 9.17) is 13.9 Å². The molecule has 6 heteroatoms. The number of para-hydroxylation sites is 2. The lowest BCUT2D eigenvalue weighted by molar-refractivity contribution is -0.137. The summed E-state index contributed by atoms with van der Waals surface area (Å²) in [5, 5.41) is 11.6. The minimum Gasteiger partial charge on any atom is -0.487 e. The smallest absolute Gasteiger partial charge is 0.303 e. The molecule has 210 valence electrons. The fourth-order valence-electron chi connectivity index (χ4n) is 5.26. The standard InChI is InChI=1S/C36H31NO5/c1-36(21-20-35(38)39,28-13-18-31(19-14-28)41-24-32-22-26-7-3-5-9-34(26)42-32)27-11-16-30(17-12-27)40-23-29-15-10-25-6-2-4-8-33(25)37-29/h2-19,22H,20-21,23-24H2,1H3,(H,38,39). The lowest BCUT2D eigenvalue weighted by Crippen LogP contribution is -2.25. The van der Waals surface area contributed by atoms with Crippen LogP contribution in [0.5, 0.6) is 11.5 Å². The molecule has 0 saturated heterocycles. The van der Waals surface area contributed by atoms with Crippen LogP contribution in [-0.2, 0) is 23.4 Å². The SMILES string of the molecule is CC(CCC(=O)O)(c1ccc(OCc2ccc3ccccc3n2)cc1)c1ccc(OCc2cc3ccccc3o2)cc1. The van der Waals surface area contributed by atoms with Crippen molar-refractivity contribution in [2.75, 3.05) is 0 Å². The lowest BCUT2D eigenvalue weighted by Gasteiger charge is -2.31. The molecule has 0 bridgehead atoms. The van der Waals surface area contributed by atoms with Crippen LogP contribution in [0, 0.1) is 0 Å². The van der Waals surface area contributed by atoms with Gasteiger partial charge in [0.25, 0.3) is 0 Å². The van der Waals surface area contributed by atoms with Crippen LogP contribution in [0.25, 0.3) is 21.9 Å². The van der Waals surface area contributed by atoms with Gasteiger partial charge in [0.2, 0.25) is 0 Å². The van der Waals surface area contributed by atoms with E-state index < -0.39 is 11.4 Å². The number of nitrogens with zero attached hydrogens (tertiary/aromatic N) is 1. The lowest BCUT2D eigenvalue weighted by atomic mass is 9.73. The Kier molecular flexibility index (Phi) is 7.60. The highest BCUT2D eigenvalue weighted by Crippen LogP contribution is 2.38. The summed E-state index contributed by atoms with van der Waals surface area (Å²) in [5.41, 5.74) is 4.13. The topological polar surface area (TPSA) is 81.8 Å². The minimum atomic E-state index is -0.824. The van der Waals surface area contributed by atoms with Crippen molar-refractivity contribution in [1.29, 1.82) is 0 Å². The Hall–Kier alpha value is -5.10. The summed E-state index contributed by atoms with van der Waals surface area (Å²) in [6, 6.07) is 37.6. The number of hydrogen-bond donors (Lipinski definition) is 1. The molecular formula is C36H31NO5. The van der Waals surface area contributed by atoms with Crippen LogP contribution in [0.1, 0.15) is 42.3 Å². The van der Waals surface area contributed by atoms with E-state index >= 15 is 0 Å². The first kappa shape index (κ1) is 27.1. The van der Waals surface area contributed by atoms with Gasteiger partial charge in [0.15, 0.2) is 0 Å². The number of furan rings is 1. The van der Waals surface area contributed by atoms with E-state index in [2.05, 4.69) is 11.9 Å². The van der Waals surface area contributed by atoms with Crippen molar-refractivity contribution in [1.82, 2.24) is 4.98 Å². The molecule has 0 aliphatic carbocycles.